The maximum atomic E-state index is 12.1. The lowest BCUT2D eigenvalue weighted by Crippen LogP contribution is -2.43. The van der Waals surface area contributed by atoms with Crippen LogP contribution in [0.25, 0.3) is 11.3 Å². The number of carbonyl (C=O) groups is 1. The zero-order chi connectivity index (χ0) is 16.4. The number of hydrogen-bond donors (Lipinski definition) is 1. The average Bonchev–Trinajstić information content (AvgIpc) is 3.23. The summed E-state index contributed by atoms with van der Waals surface area (Å²) >= 11 is 3.43. The zero-order valence-corrected chi connectivity index (χ0v) is 15.0. The summed E-state index contributed by atoms with van der Waals surface area (Å²) in [6.45, 7) is 2.53. The van der Waals surface area contributed by atoms with E-state index in [9.17, 15) is 4.79 Å². The Morgan fingerprint density at radius 2 is 2.00 bits per heavy atom. The van der Waals surface area contributed by atoms with Crippen molar-refractivity contribution in [2.75, 3.05) is 7.05 Å². The Bertz CT molecular complexity index is 677. The zero-order valence-electron chi connectivity index (χ0n) is 13.4. The van der Waals surface area contributed by atoms with E-state index in [1.54, 1.807) is 0 Å². The van der Waals surface area contributed by atoms with E-state index in [4.69, 9.17) is 4.42 Å². The van der Waals surface area contributed by atoms with Gasteiger partial charge in [0.15, 0.2) is 0 Å². The standard InChI is InChI=1S/C18H21BrN2O2/c1-12(18(22)20-15-7-8-15)21(2)11-16-9-10-17(23-16)13-3-5-14(19)6-4-13/h3-6,9-10,12,15H,7-8,11H2,1-2H3,(H,20,22)/t12-/m1/s1. The fraction of sp³-hybridized carbons (Fsp3) is 0.389. The second kappa shape index (κ2) is 6.89. The number of furan rings is 1. The van der Waals surface area contributed by atoms with E-state index in [2.05, 4.69) is 21.2 Å². The number of nitrogens with zero attached hydrogens (tertiary/aromatic N) is 1. The minimum absolute atomic E-state index is 0.0923. The summed E-state index contributed by atoms with van der Waals surface area (Å²) in [5.74, 6) is 1.79. The Kier molecular flexibility index (Phi) is 4.87. The van der Waals surface area contributed by atoms with E-state index in [1.165, 1.54) is 0 Å². The van der Waals surface area contributed by atoms with Crippen LogP contribution in [0.1, 0.15) is 25.5 Å². The van der Waals surface area contributed by atoms with Crippen LogP contribution in [0.5, 0.6) is 0 Å². The molecule has 0 aliphatic heterocycles. The molecular weight excluding hydrogens is 356 g/mol. The Morgan fingerprint density at radius 3 is 2.65 bits per heavy atom. The number of hydrogen-bond acceptors (Lipinski definition) is 3. The summed E-state index contributed by atoms with van der Waals surface area (Å²) in [4.78, 5) is 14.1. The molecular formula is C18H21BrN2O2. The van der Waals surface area contributed by atoms with Gasteiger partial charge in [0.05, 0.1) is 12.6 Å². The first kappa shape index (κ1) is 16.3. The highest BCUT2D eigenvalue weighted by Crippen LogP contribution is 2.25. The summed E-state index contributed by atoms with van der Waals surface area (Å²) in [5.41, 5.74) is 1.04. The highest BCUT2D eigenvalue weighted by molar-refractivity contribution is 9.10. The van der Waals surface area contributed by atoms with Gasteiger partial charge >= 0.3 is 0 Å². The lowest BCUT2D eigenvalue weighted by molar-refractivity contribution is -0.125. The minimum atomic E-state index is -0.170. The van der Waals surface area contributed by atoms with Crippen molar-refractivity contribution in [3.05, 3.63) is 46.6 Å². The van der Waals surface area contributed by atoms with Crippen molar-refractivity contribution in [1.29, 1.82) is 0 Å². The maximum Gasteiger partial charge on any atom is 0.237 e. The summed E-state index contributed by atoms with van der Waals surface area (Å²) in [7, 11) is 1.94. The smallest absolute Gasteiger partial charge is 0.237 e. The molecule has 5 heteroatoms. The number of nitrogens with one attached hydrogen (secondary N) is 1. The van der Waals surface area contributed by atoms with Crippen molar-refractivity contribution in [3.63, 3.8) is 0 Å². The molecule has 0 bridgehead atoms. The van der Waals surface area contributed by atoms with Gasteiger partial charge < -0.3 is 9.73 Å². The molecule has 1 fully saturated rings. The van der Waals surface area contributed by atoms with Crippen molar-refractivity contribution >= 4 is 21.8 Å². The van der Waals surface area contributed by atoms with Gasteiger partial charge in [-0.15, -0.1) is 0 Å². The number of rotatable bonds is 6. The van der Waals surface area contributed by atoms with Crippen LogP contribution in [-0.2, 0) is 11.3 Å². The molecule has 1 N–H and O–H groups in total. The van der Waals surface area contributed by atoms with Crippen LogP contribution < -0.4 is 5.32 Å². The molecule has 0 saturated heterocycles. The van der Waals surface area contributed by atoms with Crippen molar-refractivity contribution in [1.82, 2.24) is 10.2 Å². The molecule has 1 aliphatic carbocycles. The van der Waals surface area contributed by atoms with Gasteiger partial charge in [0.25, 0.3) is 0 Å². The molecule has 0 unspecified atom stereocenters. The number of amides is 1. The van der Waals surface area contributed by atoms with Crippen LogP contribution in [0.2, 0.25) is 0 Å². The molecule has 3 rings (SSSR count). The molecule has 0 radical (unpaired) electrons. The van der Waals surface area contributed by atoms with E-state index in [0.717, 1.165) is 34.4 Å². The first-order chi connectivity index (χ1) is 11.0. The predicted molar refractivity (Wildman–Crippen MR) is 93.9 cm³/mol. The molecule has 1 heterocycles. The van der Waals surface area contributed by atoms with E-state index in [1.807, 2.05) is 55.3 Å². The molecule has 1 saturated carbocycles. The van der Waals surface area contributed by atoms with E-state index >= 15 is 0 Å². The summed E-state index contributed by atoms with van der Waals surface area (Å²) in [6.07, 6.45) is 2.22. The van der Waals surface area contributed by atoms with Gasteiger partial charge in [-0.1, -0.05) is 28.1 Å². The molecule has 1 aliphatic rings. The summed E-state index contributed by atoms with van der Waals surface area (Å²) in [5, 5.41) is 3.04. The third-order valence-electron chi connectivity index (χ3n) is 4.16. The number of halogens is 1. The van der Waals surface area contributed by atoms with E-state index in [0.29, 0.717) is 12.6 Å². The fourth-order valence-electron chi connectivity index (χ4n) is 2.36. The highest BCUT2D eigenvalue weighted by atomic mass is 79.9. The molecule has 2 aromatic rings. The minimum Gasteiger partial charge on any atom is -0.460 e. The van der Waals surface area contributed by atoms with Crippen LogP contribution in [0.15, 0.2) is 45.3 Å². The third-order valence-corrected chi connectivity index (χ3v) is 4.69. The van der Waals surface area contributed by atoms with E-state index < -0.39 is 0 Å². The van der Waals surface area contributed by atoms with Gasteiger partial charge in [-0.3, -0.25) is 9.69 Å². The average molecular weight is 377 g/mol. The second-order valence-electron chi connectivity index (χ2n) is 6.15. The maximum absolute atomic E-state index is 12.1. The lowest BCUT2D eigenvalue weighted by Gasteiger charge is -2.22. The van der Waals surface area contributed by atoms with Gasteiger partial charge in [-0.25, -0.2) is 0 Å². The monoisotopic (exact) mass is 376 g/mol. The Morgan fingerprint density at radius 1 is 1.30 bits per heavy atom. The predicted octanol–water partition coefficient (Wildman–Crippen LogP) is 3.81. The Labute approximate surface area is 145 Å². The third kappa shape index (κ3) is 4.24. The number of carbonyl (C=O) groups excluding carboxylic acids is 1. The SMILES string of the molecule is C[C@H](C(=O)NC1CC1)N(C)Cc1ccc(-c2ccc(Br)cc2)o1. The van der Waals surface area contributed by atoms with Crippen molar-refractivity contribution in [2.45, 2.75) is 38.4 Å². The Balaban J connectivity index is 1.61. The fourth-order valence-corrected chi connectivity index (χ4v) is 2.63. The molecule has 0 spiro atoms. The largest absolute Gasteiger partial charge is 0.460 e. The van der Waals surface area contributed by atoms with Crippen molar-refractivity contribution in [3.8, 4) is 11.3 Å². The number of benzene rings is 1. The van der Waals surface area contributed by atoms with Crippen LogP contribution in [0.4, 0.5) is 0 Å². The van der Waals surface area contributed by atoms with Crippen LogP contribution in [0, 0.1) is 0 Å². The van der Waals surface area contributed by atoms with Crippen LogP contribution in [-0.4, -0.2) is 29.9 Å². The molecule has 23 heavy (non-hydrogen) atoms. The van der Waals surface area contributed by atoms with Gasteiger partial charge in [0.1, 0.15) is 11.5 Å². The first-order valence-corrected chi connectivity index (χ1v) is 8.67. The lowest BCUT2D eigenvalue weighted by atomic mass is 10.2. The summed E-state index contributed by atoms with van der Waals surface area (Å²) in [6, 6.07) is 12.2. The van der Waals surface area contributed by atoms with Gasteiger partial charge in [-0.05, 0) is 51.1 Å². The highest BCUT2D eigenvalue weighted by Gasteiger charge is 2.27. The van der Waals surface area contributed by atoms with Crippen LogP contribution in [0.3, 0.4) is 0 Å². The summed E-state index contributed by atoms with van der Waals surface area (Å²) < 4.78 is 6.96. The second-order valence-corrected chi connectivity index (χ2v) is 7.06. The van der Waals surface area contributed by atoms with Gasteiger partial charge in [-0.2, -0.15) is 0 Å². The van der Waals surface area contributed by atoms with Gasteiger partial charge in [0.2, 0.25) is 5.91 Å². The molecule has 1 aromatic carbocycles. The molecule has 1 aromatic heterocycles. The van der Waals surface area contributed by atoms with Crippen molar-refractivity contribution in [2.24, 2.45) is 0 Å². The normalized spacial score (nSPS) is 15.7. The quantitative estimate of drug-likeness (QED) is 0.833. The van der Waals surface area contributed by atoms with Gasteiger partial charge in [0, 0.05) is 16.1 Å². The molecule has 1 atom stereocenters. The topological polar surface area (TPSA) is 45.5 Å². The molecule has 122 valence electrons. The van der Waals surface area contributed by atoms with Crippen LogP contribution >= 0.6 is 15.9 Å². The Hall–Kier alpha value is -1.59. The van der Waals surface area contributed by atoms with Crippen molar-refractivity contribution < 1.29 is 9.21 Å². The molecule has 1 amide bonds. The number of likely N-dealkylation sites (N-methyl/N-ethyl adjacent to an activating group) is 1. The van der Waals surface area contributed by atoms with E-state index in [-0.39, 0.29) is 11.9 Å². The molecule has 4 nitrogen and oxygen atoms in total. The first-order valence-electron chi connectivity index (χ1n) is 7.88.